The van der Waals surface area contributed by atoms with E-state index in [-0.39, 0.29) is 24.4 Å². The van der Waals surface area contributed by atoms with Gasteiger partial charge in [-0.05, 0) is 6.92 Å². The molecule has 17 heavy (non-hydrogen) atoms. The minimum Gasteiger partial charge on any atom is -0.378 e. The molecule has 1 unspecified atom stereocenters. The lowest BCUT2D eigenvalue weighted by Crippen LogP contribution is -2.48. The Morgan fingerprint density at radius 1 is 1.76 bits per heavy atom. The fourth-order valence-corrected chi connectivity index (χ4v) is 1.56. The van der Waals surface area contributed by atoms with E-state index < -0.39 is 0 Å². The molecular weight excluding hydrogens is 244 g/mol. The molecule has 1 atom stereocenters. The van der Waals surface area contributed by atoms with E-state index in [1.165, 1.54) is 0 Å². The molecule has 96 valence electrons. The standard InChI is InChI=1S/C10H16N4O2.ClH/c1-2-14-6-8(5-12-14)13-10(15)9-7-16-4-3-11-9;/h5-6,9,11H,2-4,7H2,1H3,(H,13,15);1H. The number of rotatable bonds is 3. The van der Waals surface area contributed by atoms with Crippen LogP contribution in [0.5, 0.6) is 0 Å². The zero-order valence-electron chi connectivity index (χ0n) is 9.68. The first kappa shape index (κ1) is 14.0. The second-order valence-electron chi connectivity index (χ2n) is 3.66. The van der Waals surface area contributed by atoms with E-state index in [4.69, 9.17) is 4.74 Å². The molecule has 0 saturated carbocycles. The molecule has 2 N–H and O–H groups in total. The summed E-state index contributed by atoms with van der Waals surface area (Å²) in [7, 11) is 0. The second-order valence-corrected chi connectivity index (χ2v) is 3.66. The third kappa shape index (κ3) is 3.69. The summed E-state index contributed by atoms with van der Waals surface area (Å²) in [6, 6.07) is -0.265. The number of aromatic nitrogens is 2. The lowest BCUT2D eigenvalue weighted by atomic mass is 10.2. The topological polar surface area (TPSA) is 68.2 Å². The van der Waals surface area contributed by atoms with Gasteiger partial charge in [0, 0.05) is 19.3 Å². The van der Waals surface area contributed by atoms with Crippen molar-refractivity contribution in [2.75, 3.05) is 25.1 Å². The average molecular weight is 261 g/mol. The molecule has 0 aliphatic carbocycles. The second kappa shape index (κ2) is 6.58. The molecule has 1 saturated heterocycles. The van der Waals surface area contributed by atoms with Crippen molar-refractivity contribution in [2.45, 2.75) is 19.5 Å². The van der Waals surface area contributed by atoms with E-state index in [9.17, 15) is 4.79 Å². The Labute approximate surface area is 106 Å². The van der Waals surface area contributed by atoms with Gasteiger partial charge in [-0.3, -0.25) is 9.48 Å². The lowest BCUT2D eigenvalue weighted by molar-refractivity contribution is -0.120. The van der Waals surface area contributed by atoms with E-state index in [0.717, 1.165) is 12.2 Å². The van der Waals surface area contributed by atoms with Crippen LogP contribution in [0.4, 0.5) is 5.69 Å². The van der Waals surface area contributed by atoms with Gasteiger partial charge in [-0.15, -0.1) is 12.4 Å². The Morgan fingerprint density at radius 2 is 2.59 bits per heavy atom. The molecule has 1 aliphatic heterocycles. The summed E-state index contributed by atoms with van der Waals surface area (Å²) in [6.07, 6.45) is 3.45. The number of nitrogens with zero attached hydrogens (tertiary/aromatic N) is 2. The molecule has 1 aromatic heterocycles. The van der Waals surface area contributed by atoms with Gasteiger partial charge in [0.15, 0.2) is 0 Å². The number of aryl methyl sites for hydroxylation is 1. The number of hydrogen-bond donors (Lipinski definition) is 2. The highest BCUT2D eigenvalue weighted by atomic mass is 35.5. The van der Waals surface area contributed by atoms with Crippen molar-refractivity contribution >= 4 is 24.0 Å². The maximum absolute atomic E-state index is 11.8. The van der Waals surface area contributed by atoms with Gasteiger partial charge in [0.2, 0.25) is 5.91 Å². The molecule has 0 aromatic carbocycles. The summed E-state index contributed by atoms with van der Waals surface area (Å²) in [4.78, 5) is 11.8. The van der Waals surface area contributed by atoms with Crippen LogP contribution in [0.15, 0.2) is 12.4 Å². The van der Waals surface area contributed by atoms with Crippen LogP contribution in [-0.2, 0) is 16.1 Å². The van der Waals surface area contributed by atoms with Gasteiger partial charge in [-0.25, -0.2) is 0 Å². The summed E-state index contributed by atoms with van der Waals surface area (Å²) >= 11 is 0. The first-order valence-electron chi connectivity index (χ1n) is 5.44. The minimum atomic E-state index is -0.265. The van der Waals surface area contributed by atoms with E-state index in [0.29, 0.717) is 19.8 Å². The van der Waals surface area contributed by atoms with Gasteiger partial charge in [-0.2, -0.15) is 5.10 Å². The van der Waals surface area contributed by atoms with Gasteiger partial charge >= 0.3 is 0 Å². The predicted octanol–water partition coefficient (Wildman–Crippen LogP) is 0.252. The molecule has 0 spiro atoms. The summed E-state index contributed by atoms with van der Waals surface area (Å²) in [5, 5.41) is 9.98. The Bertz CT molecular complexity index is 363. The van der Waals surface area contributed by atoms with Crippen molar-refractivity contribution in [3.8, 4) is 0 Å². The Balaban J connectivity index is 0.00000144. The van der Waals surface area contributed by atoms with Crippen molar-refractivity contribution in [1.82, 2.24) is 15.1 Å². The molecule has 2 heterocycles. The molecule has 1 fully saturated rings. The average Bonchev–Trinajstić information content (AvgIpc) is 2.78. The molecule has 1 amide bonds. The van der Waals surface area contributed by atoms with E-state index >= 15 is 0 Å². The number of hydrogen-bond acceptors (Lipinski definition) is 4. The fraction of sp³-hybridized carbons (Fsp3) is 0.600. The van der Waals surface area contributed by atoms with Crippen LogP contribution in [0.2, 0.25) is 0 Å². The number of carbonyl (C=O) groups excluding carboxylic acids is 1. The fourth-order valence-electron chi connectivity index (χ4n) is 1.56. The van der Waals surface area contributed by atoms with Crippen molar-refractivity contribution in [2.24, 2.45) is 0 Å². The lowest BCUT2D eigenvalue weighted by Gasteiger charge is -2.22. The molecule has 7 heteroatoms. The molecule has 1 aliphatic rings. The Kier molecular flexibility index (Phi) is 5.40. The number of amides is 1. The third-order valence-electron chi connectivity index (χ3n) is 2.46. The number of anilines is 1. The van der Waals surface area contributed by atoms with Crippen LogP contribution in [0, 0.1) is 0 Å². The monoisotopic (exact) mass is 260 g/mol. The van der Waals surface area contributed by atoms with E-state index in [1.54, 1.807) is 10.9 Å². The first-order valence-corrected chi connectivity index (χ1v) is 5.44. The van der Waals surface area contributed by atoms with Crippen LogP contribution >= 0.6 is 12.4 Å². The molecule has 6 nitrogen and oxygen atoms in total. The highest BCUT2D eigenvalue weighted by Crippen LogP contribution is 2.06. The predicted molar refractivity (Wildman–Crippen MR) is 66.4 cm³/mol. The minimum absolute atomic E-state index is 0. The maximum Gasteiger partial charge on any atom is 0.243 e. The highest BCUT2D eigenvalue weighted by Gasteiger charge is 2.21. The van der Waals surface area contributed by atoms with Crippen LogP contribution in [0.3, 0.4) is 0 Å². The number of carbonyl (C=O) groups is 1. The normalized spacial score (nSPS) is 19.5. The smallest absolute Gasteiger partial charge is 0.243 e. The summed E-state index contributed by atoms with van der Waals surface area (Å²) in [5.74, 6) is -0.0737. The van der Waals surface area contributed by atoms with Crippen molar-refractivity contribution in [3.05, 3.63) is 12.4 Å². The largest absolute Gasteiger partial charge is 0.378 e. The molecular formula is C10H17ClN4O2. The molecule has 0 bridgehead atoms. The molecule has 1 aromatic rings. The van der Waals surface area contributed by atoms with Crippen LogP contribution in [0.1, 0.15) is 6.92 Å². The van der Waals surface area contributed by atoms with Gasteiger partial charge in [0.05, 0.1) is 25.1 Å². The van der Waals surface area contributed by atoms with Gasteiger partial charge in [-0.1, -0.05) is 0 Å². The van der Waals surface area contributed by atoms with Gasteiger partial charge in [0.1, 0.15) is 6.04 Å². The zero-order valence-corrected chi connectivity index (χ0v) is 10.5. The zero-order chi connectivity index (χ0) is 11.4. The Hall–Kier alpha value is -1.11. The van der Waals surface area contributed by atoms with Crippen molar-refractivity contribution in [1.29, 1.82) is 0 Å². The Morgan fingerprint density at radius 3 is 3.18 bits per heavy atom. The van der Waals surface area contributed by atoms with E-state index in [1.807, 2.05) is 13.1 Å². The van der Waals surface area contributed by atoms with Gasteiger partial charge < -0.3 is 15.4 Å². The van der Waals surface area contributed by atoms with Crippen LogP contribution < -0.4 is 10.6 Å². The van der Waals surface area contributed by atoms with Crippen molar-refractivity contribution < 1.29 is 9.53 Å². The number of nitrogens with one attached hydrogen (secondary N) is 2. The summed E-state index contributed by atoms with van der Waals surface area (Å²) in [6.45, 7) is 4.59. The summed E-state index contributed by atoms with van der Waals surface area (Å²) < 4.78 is 6.99. The number of halogens is 1. The maximum atomic E-state index is 11.8. The van der Waals surface area contributed by atoms with Crippen LogP contribution in [0.25, 0.3) is 0 Å². The SMILES string of the molecule is CCn1cc(NC(=O)C2COCCN2)cn1.Cl. The number of morpholine rings is 1. The first-order chi connectivity index (χ1) is 7.79. The molecule has 2 rings (SSSR count). The highest BCUT2D eigenvalue weighted by molar-refractivity contribution is 5.94. The molecule has 0 radical (unpaired) electrons. The third-order valence-corrected chi connectivity index (χ3v) is 2.46. The van der Waals surface area contributed by atoms with Gasteiger partial charge in [0.25, 0.3) is 0 Å². The number of ether oxygens (including phenoxy) is 1. The van der Waals surface area contributed by atoms with Crippen LogP contribution in [-0.4, -0.2) is 41.5 Å². The van der Waals surface area contributed by atoms with E-state index in [2.05, 4.69) is 15.7 Å². The van der Waals surface area contributed by atoms with Crippen molar-refractivity contribution in [3.63, 3.8) is 0 Å². The summed E-state index contributed by atoms with van der Waals surface area (Å²) in [5.41, 5.74) is 0.722. The quantitative estimate of drug-likeness (QED) is 0.818.